The molecule has 52 heavy (non-hydrogen) atoms. The maximum absolute atomic E-state index is 13.7. The van der Waals surface area contributed by atoms with Gasteiger partial charge in [0, 0.05) is 42.8 Å². The van der Waals surface area contributed by atoms with Crippen LogP contribution < -0.4 is 10.1 Å². The summed E-state index contributed by atoms with van der Waals surface area (Å²) in [6.45, 7) is 9.45. The summed E-state index contributed by atoms with van der Waals surface area (Å²) in [7, 11) is 3.81. The largest absolute Gasteiger partial charge is 0.497 e. The van der Waals surface area contributed by atoms with Crippen molar-refractivity contribution in [1.29, 1.82) is 0 Å². The Labute approximate surface area is 309 Å². The molecule has 0 aromatic heterocycles. The number of likely N-dealkylation sites (tertiary alicyclic amines) is 1. The summed E-state index contributed by atoms with van der Waals surface area (Å²) in [5, 5.41) is 26.6. The number of rotatable bonds is 11. The van der Waals surface area contributed by atoms with Crippen LogP contribution in [0.3, 0.4) is 0 Å². The number of aliphatic hydroxyl groups excluding tert-OH is 1. The Hall–Kier alpha value is -3.08. The fraction of sp³-hybridized carbons (Fsp3) is 0.714. The molecule has 0 unspecified atom stereocenters. The van der Waals surface area contributed by atoms with Crippen LogP contribution in [0.25, 0.3) is 0 Å². The molecule has 0 spiro atoms. The van der Waals surface area contributed by atoms with E-state index in [1.807, 2.05) is 19.1 Å². The molecule has 1 saturated heterocycles. The number of nitrogens with one attached hydrogen (secondary N) is 1. The highest BCUT2D eigenvalue weighted by atomic mass is 16.5. The Morgan fingerprint density at radius 2 is 1.75 bits per heavy atom. The summed E-state index contributed by atoms with van der Waals surface area (Å²) < 4.78 is 10.8. The number of fused-ring (bicyclic) bond motifs is 5. The lowest BCUT2D eigenvalue weighted by Gasteiger charge is -2.60. The lowest BCUT2D eigenvalue weighted by atomic mass is 9.45. The molecule has 4 aliphatic carbocycles. The van der Waals surface area contributed by atoms with Gasteiger partial charge in [0.1, 0.15) is 11.4 Å². The number of carbonyl (C=O) groups excluding carboxylic acids is 4. The highest BCUT2D eigenvalue weighted by Gasteiger charge is 2.68. The van der Waals surface area contributed by atoms with E-state index in [9.17, 15) is 29.4 Å². The summed E-state index contributed by atoms with van der Waals surface area (Å²) in [6.07, 6.45) is 6.56. The normalized spacial score (nSPS) is 38.7. The molecule has 0 radical (unpaired) electrons. The fourth-order valence-corrected chi connectivity index (χ4v) is 11.7. The molecule has 10 atom stereocenters. The van der Waals surface area contributed by atoms with Crippen LogP contribution in [-0.4, -0.2) is 90.2 Å². The molecule has 3 N–H and O–H groups in total. The number of methoxy groups -OCH3 is 1. The maximum atomic E-state index is 13.7. The zero-order valence-electron chi connectivity index (χ0n) is 32.0. The highest BCUT2D eigenvalue weighted by Crippen LogP contribution is 2.67. The highest BCUT2D eigenvalue weighted by molar-refractivity contribution is 5.92. The predicted octanol–water partition coefficient (Wildman–Crippen LogP) is 4.93. The number of hydrogen-bond acceptors (Lipinski definition) is 9. The van der Waals surface area contributed by atoms with Crippen LogP contribution in [0.5, 0.6) is 5.75 Å². The first kappa shape index (κ1) is 38.6. The van der Waals surface area contributed by atoms with Gasteiger partial charge in [-0.25, -0.2) is 0 Å². The maximum Gasteiger partial charge on any atom is 0.306 e. The Kier molecular flexibility index (Phi) is 10.9. The number of ketones is 2. The molecule has 1 aromatic rings. The average molecular weight is 721 g/mol. The molecule has 10 heteroatoms. The van der Waals surface area contributed by atoms with Gasteiger partial charge in [-0.05, 0) is 118 Å². The third-order valence-electron chi connectivity index (χ3n) is 14.9. The molecule has 1 aromatic carbocycles. The van der Waals surface area contributed by atoms with E-state index < -0.39 is 35.5 Å². The SMILES string of the molecule is COc1ccc([C@]2(CCNC(=O)CCC(=O)OCC(=O)[C@@]3(O)CC[C@H]4[C@@H]5CCC6=CC(=O)CC[C@]6(C)[C@H]5[C@@H](O)C[C@@]43C)C[C@H](C)N(C)C[C@H]2C)cc1. The average Bonchev–Trinajstić information content (AvgIpc) is 3.38. The van der Waals surface area contributed by atoms with Crippen LogP contribution >= 0.6 is 0 Å². The molecule has 4 fully saturated rings. The molecule has 5 aliphatic rings. The molecular formula is C42H60N2O8. The van der Waals surface area contributed by atoms with Crippen LogP contribution in [0, 0.1) is 34.5 Å². The minimum absolute atomic E-state index is 0.0237. The number of Topliss-reactive ketones (excluding diaryl/α,β-unsaturated/α-hetero) is 1. The molecular weight excluding hydrogens is 660 g/mol. The summed E-state index contributed by atoms with van der Waals surface area (Å²) in [6, 6.07) is 8.63. The first-order chi connectivity index (χ1) is 24.6. The lowest BCUT2D eigenvalue weighted by Crippen LogP contribution is -2.62. The first-order valence-corrected chi connectivity index (χ1v) is 19.5. The molecule has 10 nitrogen and oxygen atoms in total. The topological polar surface area (TPSA) is 142 Å². The molecule has 1 amide bonds. The second kappa shape index (κ2) is 14.6. The number of allylic oxidation sites excluding steroid dienone is 1. The van der Waals surface area contributed by atoms with Crippen LogP contribution in [0.15, 0.2) is 35.9 Å². The van der Waals surface area contributed by atoms with Crippen LogP contribution in [0.1, 0.15) is 104 Å². The molecule has 286 valence electrons. The molecule has 1 aliphatic heterocycles. The Bertz CT molecular complexity index is 1580. The zero-order chi connectivity index (χ0) is 37.6. The Morgan fingerprint density at radius 3 is 2.46 bits per heavy atom. The monoisotopic (exact) mass is 720 g/mol. The van der Waals surface area contributed by atoms with Crippen molar-refractivity contribution < 1.29 is 38.9 Å². The third-order valence-corrected chi connectivity index (χ3v) is 14.9. The fourth-order valence-electron chi connectivity index (χ4n) is 11.7. The van der Waals surface area contributed by atoms with Crippen LogP contribution in [-0.2, 0) is 29.3 Å². The van der Waals surface area contributed by atoms with E-state index in [1.165, 1.54) is 5.56 Å². The number of benzene rings is 1. The van der Waals surface area contributed by atoms with E-state index >= 15 is 0 Å². The van der Waals surface area contributed by atoms with Crippen molar-refractivity contribution in [2.24, 2.45) is 34.5 Å². The van der Waals surface area contributed by atoms with Gasteiger partial charge < -0.3 is 29.9 Å². The van der Waals surface area contributed by atoms with Gasteiger partial charge in [0.05, 0.1) is 19.6 Å². The van der Waals surface area contributed by atoms with Gasteiger partial charge in [-0.2, -0.15) is 0 Å². The van der Waals surface area contributed by atoms with E-state index in [0.29, 0.717) is 31.3 Å². The summed E-state index contributed by atoms with van der Waals surface area (Å²) in [5.74, 6) is 0.00885. The van der Waals surface area contributed by atoms with Gasteiger partial charge in [0.15, 0.2) is 12.4 Å². The second-order valence-corrected chi connectivity index (χ2v) is 17.4. The standard InChI is InChI=1S/C42H60N2O8/c1-26-24-44(5)27(2)22-41(26,28-7-10-31(51-6)11-8-28)19-20-43-36(48)13-14-37(49)52-25-35(47)42(50)18-16-33-32-12-9-29-21-30(45)15-17-39(29,3)38(32)34(46)23-40(33,42)4/h7-8,10-11,21,26-27,32-34,38,46,50H,9,12-20,22-25H2,1-6H3,(H,43,48)/t26-,27+,32+,33+,34+,38-,39+,40+,41-,42+/m1/s1. The van der Waals surface area contributed by atoms with Gasteiger partial charge in [-0.3, -0.25) is 19.2 Å². The number of carbonyl (C=O) groups is 4. The Morgan fingerprint density at radius 1 is 1.02 bits per heavy atom. The van der Waals surface area contributed by atoms with E-state index in [-0.39, 0.29) is 66.0 Å². The molecule has 0 bridgehead atoms. The number of amides is 1. The number of nitrogens with zero attached hydrogens (tertiary/aromatic N) is 1. The lowest BCUT2D eigenvalue weighted by molar-refractivity contribution is -0.184. The van der Waals surface area contributed by atoms with Gasteiger partial charge >= 0.3 is 5.97 Å². The van der Waals surface area contributed by atoms with Gasteiger partial charge in [0.2, 0.25) is 11.7 Å². The zero-order valence-corrected chi connectivity index (χ0v) is 32.0. The van der Waals surface area contributed by atoms with Crippen molar-refractivity contribution >= 4 is 23.4 Å². The second-order valence-electron chi connectivity index (χ2n) is 17.4. The smallest absolute Gasteiger partial charge is 0.306 e. The summed E-state index contributed by atoms with van der Waals surface area (Å²) in [5.41, 5.74) is -0.588. The van der Waals surface area contributed by atoms with Crippen molar-refractivity contribution in [3.63, 3.8) is 0 Å². The van der Waals surface area contributed by atoms with Crippen molar-refractivity contribution in [2.45, 2.75) is 121 Å². The predicted molar refractivity (Wildman–Crippen MR) is 196 cm³/mol. The van der Waals surface area contributed by atoms with E-state index in [4.69, 9.17) is 9.47 Å². The van der Waals surface area contributed by atoms with Gasteiger partial charge in [-0.15, -0.1) is 0 Å². The Balaban J connectivity index is 1.01. The van der Waals surface area contributed by atoms with Crippen molar-refractivity contribution in [1.82, 2.24) is 10.2 Å². The quantitative estimate of drug-likeness (QED) is 0.272. The molecule has 3 saturated carbocycles. The number of hydrogen-bond donors (Lipinski definition) is 3. The van der Waals surface area contributed by atoms with Gasteiger partial charge in [-0.1, -0.05) is 38.5 Å². The van der Waals surface area contributed by atoms with E-state index in [0.717, 1.165) is 50.0 Å². The minimum atomic E-state index is -1.72. The van der Waals surface area contributed by atoms with Crippen LogP contribution in [0.4, 0.5) is 0 Å². The van der Waals surface area contributed by atoms with Crippen molar-refractivity contribution in [2.75, 3.05) is 33.9 Å². The van der Waals surface area contributed by atoms with Crippen LogP contribution in [0.2, 0.25) is 0 Å². The van der Waals surface area contributed by atoms with E-state index in [2.05, 4.69) is 50.2 Å². The summed E-state index contributed by atoms with van der Waals surface area (Å²) >= 11 is 0. The number of aliphatic hydroxyl groups is 2. The summed E-state index contributed by atoms with van der Waals surface area (Å²) in [4.78, 5) is 53.9. The minimum Gasteiger partial charge on any atom is -0.497 e. The van der Waals surface area contributed by atoms with Gasteiger partial charge in [0.25, 0.3) is 0 Å². The van der Waals surface area contributed by atoms with Crippen molar-refractivity contribution in [3.8, 4) is 5.75 Å². The first-order valence-electron chi connectivity index (χ1n) is 19.5. The molecule has 6 rings (SSSR count). The van der Waals surface area contributed by atoms with Crippen molar-refractivity contribution in [3.05, 3.63) is 41.5 Å². The number of ether oxygens (including phenoxy) is 2. The number of esters is 1. The van der Waals surface area contributed by atoms with E-state index in [1.54, 1.807) is 13.2 Å². The third kappa shape index (κ3) is 6.66. The number of piperidine rings is 1. The molecule has 1 heterocycles.